The second-order valence-electron chi connectivity index (χ2n) is 3.61. The first kappa shape index (κ1) is 9.71. The summed E-state index contributed by atoms with van der Waals surface area (Å²) in [5.74, 6) is 0.289. The molecule has 1 unspecified atom stereocenters. The Kier molecular flexibility index (Phi) is 2.87. The molecular formula is C11H12BrNO. The van der Waals surface area contributed by atoms with Crippen molar-refractivity contribution in [3.63, 3.8) is 0 Å². The lowest BCUT2D eigenvalue weighted by Crippen LogP contribution is -2.10. The fraction of sp³-hybridized carbons (Fsp3) is 0.364. The molecular weight excluding hydrogens is 242 g/mol. The van der Waals surface area contributed by atoms with Crippen LogP contribution in [0.2, 0.25) is 0 Å². The van der Waals surface area contributed by atoms with Gasteiger partial charge >= 0.3 is 0 Å². The normalized spacial score (nSPS) is 21.1. The van der Waals surface area contributed by atoms with E-state index in [1.54, 1.807) is 6.21 Å². The van der Waals surface area contributed by atoms with E-state index in [1.807, 2.05) is 6.07 Å². The molecule has 0 spiro atoms. The lowest BCUT2D eigenvalue weighted by molar-refractivity contribution is 0.319. The summed E-state index contributed by atoms with van der Waals surface area (Å²) >= 11 is 3.47. The molecule has 0 radical (unpaired) electrons. The maximum absolute atomic E-state index is 8.56. The molecule has 0 saturated heterocycles. The number of aryl methyl sites for hydroxylation is 1. The minimum atomic E-state index is 0.289. The fourth-order valence-electron chi connectivity index (χ4n) is 2.06. The van der Waals surface area contributed by atoms with Crippen molar-refractivity contribution in [2.75, 3.05) is 0 Å². The molecule has 3 heteroatoms. The third kappa shape index (κ3) is 1.82. The Morgan fingerprint density at radius 1 is 1.50 bits per heavy atom. The van der Waals surface area contributed by atoms with Crippen molar-refractivity contribution in [1.29, 1.82) is 0 Å². The molecule has 74 valence electrons. The van der Waals surface area contributed by atoms with Crippen LogP contribution >= 0.6 is 15.9 Å². The molecule has 0 aliphatic heterocycles. The summed E-state index contributed by atoms with van der Waals surface area (Å²) in [5, 5.41) is 11.7. The van der Waals surface area contributed by atoms with Crippen LogP contribution in [-0.4, -0.2) is 11.4 Å². The summed E-state index contributed by atoms with van der Waals surface area (Å²) in [5.41, 5.74) is 2.67. The maximum atomic E-state index is 8.56. The standard InChI is InChI=1S/C11H12BrNO/c12-10-4-5-11-8(6-10)2-1-3-9(11)7-13-14/h4-7,9,14H,1-3H2. The molecule has 0 saturated carbocycles. The van der Waals surface area contributed by atoms with Crippen molar-refractivity contribution in [1.82, 2.24) is 0 Å². The van der Waals surface area contributed by atoms with Crippen LogP contribution in [0, 0.1) is 0 Å². The number of fused-ring (bicyclic) bond motifs is 1. The highest BCUT2D eigenvalue weighted by molar-refractivity contribution is 9.10. The molecule has 1 N–H and O–H groups in total. The van der Waals surface area contributed by atoms with Crippen molar-refractivity contribution in [3.05, 3.63) is 33.8 Å². The molecule has 0 bridgehead atoms. The second-order valence-corrected chi connectivity index (χ2v) is 4.52. The lowest BCUT2D eigenvalue weighted by atomic mass is 9.84. The number of halogens is 1. The van der Waals surface area contributed by atoms with E-state index in [0.717, 1.165) is 17.3 Å². The number of nitrogens with zero attached hydrogens (tertiary/aromatic N) is 1. The summed E-state index contributed by atoms with van der Waals surface area (Å²) in [4.78, 5) is 0. The van der Waals surface area contributed by atoms with Crippen LogP contribution in [0.4, 0.5) is 0 Å². The van der Waals surface area contributed by atoms with Gasteiger partial charge in [0.25, 0.3) is 0 Å². The number of benzene rings is 1. The molecule has 0 aromatic heterocycles. The Labute approximate surface area is 91.8 Å². The third-order valence-electron chi connectivity index (χ3n) is 2.71. The van der Waals surface area contributed by atoms with Gasteiger partial charge < -0.3 is 5.21 Å². The Hall–Kier alpha value is -0.830. The quantitative estimate of drug-likeness (QED) is 0.465. The number of hydrogen-bond donors (Lipinski definition) is 1. The molecule has 14 heavy (non-hydrogen) atoms. The SMILES string of the molecule is ON=CC1CCCc2cc(Br)ccc21. The van der Waals surface area contributed by atoms with Gasteiger partial charge in [-0.25, -0.2) is 0 Å². The van der Waals surface area contributed by atoms with E-state index in [-0.39, 0.29) is 5.92 Å². The highest BCUT2D eigenvalue weighted by Crippen LogP contribution is 2.31. The Morgan fingerprint density at radius 3 is 3.14 bits per heavy atom. The van der Waals surface area contributed by atoms with Gasteiger partial charge in [0.05, 0.1) is 6.21 Å². The zero-order valence-corrected chi connectivity index (χ0v) is 9.37. The highest BCUT2D eigenvalue weighted by Gasteiger charge is 2.18. The second kappa shape index (κ2) is 4.13. The minimum Gasteiger partial charge on any atom is -0.411 e. The third-order valence-corrected chi connectivity index (χ3v) is 3.21. The molecule has 0 amide bonds. The Balaban J connectivity index is 2.39. The van der Waals surface area contributed by atoms with Gasteiger partial charge in [0.2, 0.25) is 0 Å². The van der Waals surface area contributed by atoms with E-state index in [1.165, 1.54) is 17.5 Å². The average Bonchev–Trinajstić information content (AvgIpc) is 2.18. The summed E-state index contributed by atoms with van der Waals surface area (Å²) in [6.45, 7) is 0. The van der Waals surface area contributed by atoms with Crippen molar-refractivity contribution >= 4 is 22.1 Å². The molecule has 0 heterocycles. The summed E-state index contributed by atoms with van der Waals surface area (Å²) in [6, 6.07) is 6.32. The summed E-state index contributed by atoms with van der Waals surface area (Å²) in [7, 11) is 0. The molecule has 1 aliphatic rings. The van der Waals surface area contributed by atoms with Gasteiger partial charge in [-0.05, 0) is 42.5 Å². The smallest absolute Gasteiger partial charge is 0.0510 e. The van der Waals surface area contributed by atoms with E-state index in [0.29, 0.717) is 0 Å². The van der Waals surface area contributed by atoms with Gasteiger partial charge in [0, 0.05) is 10.4 Å². The predicted molar refractivity (Wildman–Crippen MR) is 60.1 cm³/mol. The highest BCUT2D eigenvalue weighted by atomic mass is 79.9. The number of rotatable bonds is 1. The molecule has 2 nitrogen and oxygen atoms in total. The van der Waals surface area contributed by atoms with Crippen molar-refractivity contribution in [2.24, 2.45) is 5.16 Å². The number of oxime groups is 1. The first-order valence-corrected chi connectivity index (χ1v) is 5.56. The average molecular weight is 254 g/mol. The minimum absolute atomic E-state index is 0.289. The molecule has 2 rings (SSSR count). The zero-order valence-electron chi connectivity index (χ0n) is 7.78. The van der Waals surface area contributed by atoms with Crippen LogP contribution in [-0.2, 0) is 6.42 Å². The van der Waals surface area contributed by atoms with E-state index in [4.69, 9.17) is 5.21 Å². The molecule has 1 aromatic rings. The van der Waals surface area contributed by atoms with Gasteiger partial charge in [-0.2, -0.15) is 0 Å². The molecule has 1 atom stereocenters. The zero-order chi connectivity index (χ0) is 9.97. The van der Waals surface area contributed by atoms with Crippen molar-refractivity contribution < 1.29 is 5.21 Å². The fourth-order valence-corrected chi connectivity index (χ4v) is 2.46. The molecule has 0 fully saturated rings. The van der Waals surface area contributed by atoms with Gasteiger partial charge in [0.15, 0.2) is 0 Å². The first-order valence-electron chi connectivity index (χ1n) is 4.77. The van der Waals surface area contributed by atoms with E-state index >= 15 is 0 Å². The first-order chi connectivity index (χ1) is 6.81. The van der Waals surface area contributed by atoms with Crippen LogP contribution in [0.1, 0.15) is 29.9 Å². The van der Waals surface area contributed by atoms with Gasteiger partial charge in [-0.3, -0.25) is 0 Å². The van der Waals surface area contributed by atoms with E-state index in [2.05, 4.69) is 33.2 Å². The van der Waals surface area contributed by atoms with Crippen LogP contribution in [0.5, 0.6) is 0 Å². The van der Waals surface area contributed by atoms with E-state index < -0.39 is 0 Å². The lowest BCUT2D eigenvalue weighted by Gasteiger charge is -2.22. The summed E-state index contributed by atoms with van der Waals surface area (Å²) in [6.07, 6.45) is 5.01. The molecule has 1 aromatic carbocycles. The summed E-state index contributed by atoms with van der Waals surface area (Å²) < 4.78 is 1.12. The van der Waals surface area contributed by atoms with Crippen molar-refractivity contribution in [3.8, 4) is 0 Å². The van der Waals surface area contributed by atoms with Gasteiger partial charge in [-0.1, -0.05) is 22.0 Å². The van der Waals surface area contributed by atoms with Crippen LogP contribution in [0.3, 0.4) is 0 Å². The van der Waals surface area contributed by atoms with Gasteiger partial charge in [0.1, 0.15) is 0 Å². The van der Waals surface area contributed by atoms with Crippen LogP contribution < -0.4 is 0 Å². The van der Waals surface area contributed by atoms with Crippen LogP contribution in [0.15, 0.2) is 27.8 Å². The molecule has 1 aliphatic carbocycles. The topological polar surface area (TPSA) is 32.6 Å². The van der Waals surface area contributed by atoms with Crippen LogP contribution in [0.25, 0.3) is 0 Å². The van der Waals surface area contributed by atoms with Crippen molar-refractivity contribution in [2.45, 2.75) is 25.2 Å². The predicted octanol–water partition coefficient (Wildman–Crippen LogP) is 3.33. The Bertz CT molecular complexity index is 362. The van der Waals surface area contributed by atoms with E-state index in [9.17, 15) is 0 Å². The number of hydrogen-bond acceptors (Lipinski definition) is 2. The largest absolute Gasteiger partial charge is 0.411 e. The van der Waals surface area contributed by atoms with Gasteiger partial charge in [-0.15, -0.1) is 5.16 Å². The Morgan fingerprint density at radius 2 is 2.36 bits per heavy atom. The maximum Gasteiger partial charge on any atom is 0.0510 e. The monoisotopic (exact) mass is 253 g/mol.